The van der Waals surface area contributed by atoms with Crippen LogP contribution in [0.1, 0.15) is 17.0 Å². The van der Waals surface area contributed by atoms with Crippen LogP contribution in [-0.2, 0) is 4.79 Å². The fourth-order valence-corrected chi connectivity index (χ4v) is 3.24. The van der Waals surface area contributed by atoms with E-state index in [2.05, 4.69) is 26.2 Å². The van der Waals surface area contributed by atoms with E-state index >= 15 is 0 Å². The van der Waals surface area contributed by atoms with Crippen molar-refractivity contribution in [1.82, 2.24) is 9.55 Å². The van der Waals surface area contributed by atoms with Crippen LogP contribution in [-0.4, -0.2) is 15.5 Å². The molecule has 0 bridgehead atoms. The molecule has 0 aliphatic heterocycles. The molecule has 1 aromatic carbocycles. The first-order valence-corrected chi connectivity index (χ1v) is 9.08. The molecule has 0 atom stereocenters. The second kappa shape index (κ2) is 8.02. The van der Waals surface area contributed by atoms with Crippen molar-refractivity contribution in [2.24, 2.45) is 0 Å². The first-order valence-electron chi connectivity index (χ1n) is 8.28. The molecule has 134 valence electrons. The number of nitrogens with one attached hydrogen (secondary N) is 1. The van der Waals surface area contributed by atoms with Crippen molar-refractivity contribution in [2.75, 3.05) is 5.32 Å². The van der Waals surface area contributed by atoms with E-state index in [4.69, 9.17) is 0 Å². The number of nitrogens with zero attached hydrogens (tertiary/aromatic N) is 3. The van der Waals surface area contributed by atoms with Gasteiger partial charge in [0.05, 0.1) is 0 Å². The minimum absolute atomic E-state index is 0.0382. The Kier molecular flexibility index (Phi) is 5.53. The summed E-state index contributed by atoms with van der Waals surface area (Å²) >= 11 is 3.36. The second-order valence-corrected chi connectivity index (χ2v) is 6.90. The number of carbonyl (C=O) groups is 1. The van der Waals surface area contributed by atoms with E-state index in [1.54, 1.807) is 24.4 Å². The summed E-state index contributed by atoms with van der Waals surface area (Å²) in [5, 5.41) is 12.2. The van der Waals surface area contributed by atoms with Crippen LogP contribution in [0.25, 0.3) is 11.9 Å². The molecule has 6 heteroatoms. The molecule has 27 heavy (non-hydrogen) atoms. The van der Waals surface area contributed by atoms with Gasteiger partial charge in [0.2, 0.25) is 0 Å². The highest BCUT2D eigenvalue weighted by atomic mass is 79.9. The largest absolute Gasteiger partial charge is 0.321 e. The molecule has 3 rings (SSSR count). The number of amides is 1. The highest BCUT2D eigenvalue weighted by molar-refractivity contribution is 9.10. The summed E-state index contributed by atoms with van der Waals surface area (Å²) in [6.45, 7) is 3.90. The monoisotopic (exact) mass is 420 g/mol. The van der Waals surface area contributed by atoms with E-state index in [-0.39, 0.29) is 5.57 Å². The summed E-state index contributed by atoms with van der Waals surface area (Å²) in [7, 11) is 0. The number of benzene rings is 1. The average molecular weight is 421 g/mol. The summed E-state index contributed by atoms with van der Waals surface area (Å²) in [5.41, 5.74) is 3.35. The van der Waals surface area contributed by atoms with Gasteiger partial charge in [-0.3, -0.25) is 4.79 Å². The normalized spacial score (nSPS) is 11.1. The molecule has 0 radical (unpaired) electrons. The summed E-state index contributed by atoms with van der Waals surface area (Å²) in [6, 6.07) is 16.9. The van der Waals surface area contributed by atoms with Gasteiger partial charge >= 0.3 is 0 Å². The Labute approximate surface area is 166 Å². The Bertz CT molecular complexity index is 1060. The minimum atomic E-state index is -0.446. The van der Waals surface area contributed by atoms with Gasteiger partial charge in [-0.2, -0.15) is 5.26 Å². The van der Waals surface area contributed by atoms with Crippen LogP contribution in [0, 0.1) is 25.2 Å². The number of halogens is 1. The van der Waals surface area contributed by atoms with Crippen LogP contribution >= 0.6 is 15.9 Å². The standard InChI is InChI=1S/C21H17BrN4O/c1-14-10-16(15(2)26(14)20-8-3-4-9-24-20)11-17(13-23)21(27)25-19-7-5-6-18(22)12-19/h3-12H,1-2H3,(H,25,27)/b17-11-. The van der Waals surface area contributed by atoms with Crippen molar-refractivity contribution >= 4 is 33.6 Å². The fraction of sp³-hybridized carbons (Fsp3) is 0.0952. The Balaban J connectivity index is 1.92. The molecule has 0 spiro atoms. The van der Waals surface area contributed by atoms with Crippen LogP contribution in [0.15, 0.2) is 64.8 Å². The van der Waals surface area contributed by atoms with Gasteiger partial charge in [0.15, 0.2) is 0 Å². The molecular weight excluding hydrogens is 404 g/mol. The number of aromatic nitrogens is 2. The molecule has 1 N–H and O–H groups in total. The molecule has 1 amide bonds. The zero-order valence-corrected chi connectivity index (χ0v) is 16.5. The molecule has 0 saturated heterocycles. The number of hydrogen-bond acceptors (Lipinski definition) is 3. The predicted molar refractivity (Wildman–Crippen MR) is 109 cm³/mol. The molecule has 0 saturated carbocycles. The molecule has 2 aromatic heterocycles. The lowest BCUT2D eigenvalue weighted by molar-refractivity contribution is -0.112. The number of pyridine rings is 1. The first kappa shape index (κ1) is 18.6. The number of rotatable bonds is 4. The van der Waals surface area contributed by atoms with Crippen molar-refractivity contribution < 1.29 is 4.79 Å². The smallest absolute Gasteiger partial charge is 0.266 e. The molecule has 3 aromatic rings. The third-order valence-electron chi connectivity index (χ3n) is 4.10. The van der Waals surface area contributed by atoms with E-state index in [1.165, 1.54) is 0 Å². The van der Waals surface area contributed by atoms with E-state index < -0.39 is 5.91 Å². The number of aryl methyl sites for hydroxylation is 1. The first-order chi connectivity index (χ1) is 13.0. The lowest BCUT2D eigenvalue weighted by Crippen LogP contribution is -2.13. The predicted octanol–water partition coefficient (Wildman–Crippen LogP) is 4.80. The van der Waals surface area contributed by atoms with Crippen LogP contribution in [0.5, 0.6) is 0 Å². The van der Waals surface area contributed by atoms with Gasteiger partial charge in [-0.1, -0.05) is 28.1 Å². The molecule has 0 unspecified atom stereocenters. The topological polar surface area (TPSA) is 70.7 Å². The molecule has 0 aliphatic rings. The third kappa shape index (κ3) is 4.15. The highest BCUT2D eigenvalue weighted by Crippen LogP contribution is 2.22. The van der Waals surface area contributed by atoms with E-state index in [9.17, 15) is 10.1 Å². The quantitative estimate of drug-likeness (QED) is 0.486. The summed E-state index contributed by atoms with van der Waals surface area (Å²) in [6.07, 6.45) is 3.34. The van der Waals surface area contributed by atoms with Crippen molar-refractivity contribution in [3.63, 3.8) is 0 Å². The molecule has 5 nitrogen and oxygen atoms in total. The van der Waals surface area contributed by atoms with Gasteiger partial charge in [-0.05, 0) is 61.9 Å². The fourth-order valence-electron chi connectivity index (χ4n) is 2.84. The Morgan fingerprint density at radius 3 is 2.70 bits per heavy atom. The van der Waals surface area contributed by atoms with Crippen molar-refractivity contribution in [3.8, 4) is 11.9 Å². The highest BCUT2D eigenvalue weighted by Gasteiger charge is 2.14. The number of anilines is 1. The van der Waals surface area contributed by atoms with Crippen molar-refractivity contribution in [1.29, 1.82) is 5.26 Å². The van der Waals surface area contributed by atoms with E-state index in [1.807, 2.05) is 60.9 Å². The lowest BCUT2D eigenvalue weighted by atomic mass is 10.1. The van der Waals surface area contributed by atoms with E-state index in [0.717, 1.165) is 27.2 Å². The summed E-state index contributed by atoms with van der Waals surface area (Å²) in [4.78, 5) is 16.9. The maximum atomic E-state index is 12.5. The maximum Gasteiger partial charge on any atom is 0.266 e. The van der Waals surface area contributed by atoms with Gasteiger partial charge in [0.1, 0.15) is 17.5 Å². The van der Waals surface area contributed by atoms with Gasteiger partial charge in [0.25, 0.3) is 5.91 Å². The van der Waals surface area contributed by atoms with Crippen LogP contribution in [0.2, 0.25) is 0 Å². The zero-order valence-electron chi connectivity index (χ0n) is 14.9. The lowest BCUT2D eigenvalue weighted by Gasteiger charge is -2.08. The summed E-state index contributed by atoms with van der Waals surface area (Å²) < 4.78 is 2.84. The molecular formula is C21H17BrN4O. The minimum Gasteiger partial charge on any atom is -0.321 e. The maximum absolute atomic E-state index is 12.5. The Hall–Kier alpha value is -3.17. The van der Waals surface area contributed by atoms with Crippen LogP contribution in [0.4, 0.5) is 5.69 Å². The van der Waals surface area contributed by atoms with Gasteiger partial charge in [-0.25, -0.2) is 4.98 Å². The van der Waals surface area contributed by atoms with Crippen LogP contribution in [0.3, 0.4) is 0 Å². The third-order valence-corrected chi connectivity index (χ3v) is 4.59. The second-order valence-electron chi connectivity index (χ2n) is 5.98. The van der Waals surface area contributed by atoms with Gasteiger partial charge in [0, 0.05) is 27.7 Å². The Morgan fingerprint density at radius 1 is 1.22 bits per heavy atom. The number of nitriles is 1. The molecule has 0 fully saturated rings. The zero-order chi connectivity index (χ0) is 19.4. The Morgan fingerprint density at radius 2 is 2.04 bits per heavy atom. The molecule has 0 aliphatic carbocycles. The average Bonchev–Trinajstić information content (AvgIpc) is 2.93. The molecule has 2 heterocycles. The van der Waals surface area contributed by atoms with Crippen molar-refractivity contribution in [2.45, 2.75) is 13.8 Å². The number of hydrogen-bond donors (Lipinski definition) is 1. The number of carbonyl (C=O) groups excluding carboxylic acids is 1. The van der Waals surface area contributed by atoms with Crippen LogP contribution < -0.4 is 5.32 Å². The SMILES string of the molecule is Cc1cc(/C=C(/C#N)C(=O)Nc2cccc(Br)c2)c(C)n1-c1ccccn1. The summed E-state index contributed by atoms with van der Waals surface area (Å²) in [5.74, 6) is 0.350. The van der Waals surface area contributed by atoms with E-state index in [0.29, 0.717) is 5.69 Å². The van der Waals surface area contributed by atoms with Crippen molar-refractivity contribution in [3.05, 3.63) is 81.7 Å². The van der Waals surface area contributed by atoms with Gasteiger partial charge < -0.3 is 9.88 Å². The van der Waals surface area contributed by atoms with Gasteiger partial charge in [-0.15, -0.1) is 0 Å².